The van der Waals surface area contributed by atoms with Crippen LogP contribution in [0.5, 0.6) is 0 Å². The van der Waals surface area contributed by atoms with Crippen molar-refractivity contribution in [3.05, 3.63) is 24.3 Å². The molecule has 1 aliphatic rings. The van der Waals surface area contributed by atoms with Crippen LogP contribution in [0, 0.1) is 0 Å². The number of ether oxygens (including phenoxy) is 3. The summed E-state index contributed by atoms with van der Waals surface area (Å²) in [6, 6.07) is -0.823. The van der Waals surface area contributed by atoms with E-state index in [-0.39, 0.29) is 18.5 Å². The highest BCUT2D eigenvalue weighted by atomic mass is 16.7. The molecule has 7 unspecified atom stereocenters. The first kappa shape index (κ1) is 79.2. The Morgan fingerprint density at radius 2 is 0.783 bits per heavy atom. The Hall–Kier alpha value is -1.86. The molecule has 11 heteroatoms. The SMILES string of the molecule is CCCCCCCC/C=C/CC/C=C/C(O)C(COC1OC(CO)C(O)C(O)C1O)NC(=O)CCCCCCCCCCCCCCCCCCCCCCCCCCCCCCCCCCOC(=O)CCCCCCCCCCCCC. The van der Waals surface area contributed by atoms with Crippen molar-refractivity contribution in [2.45, 2.75) is 403 Å². The third-order valence-electron chi connectivity index (χ3n) is 17.3. The van der Waals surface area contributed by atoms with Gasteiger partial charge in [-0.2, -0.15) is 0 Å². The molecule has 1 fully saturated rings. The van der Waals surface area contributed by atoms with Crippen LogP contribution in [0.4, 0.5) is 0 Å². The first-order valence-corrected chi connectivity index (χ1v) is 36.1. The summed E-state index contributed by atoms with van der Waals surface area (Å²) in [7, 11) is 0. The van der Waals surface area contributed by atoms with Gasteiger partial charge in [-0.25, -0.2) is 0 Å². The number of aliphatic hydroxyl groups is 5. The molecule has 11 nitrogen and oxygen atoms in total. The molecule has 1 saturated heterocycles. The number of hydrogen-bond acceptors (Lipinski definition) is 10. The zero-order valence-corrected chi connectivity index (χ0v) is 54.4. The summed E-state index contributed by atoms with van der Waals surface area (Å²) < 4.78 is 16.7. The molecular formula is C72H137NO10. The van der Waals surface area contributed by atoms with Crippen molar-refractivity contribution in [2.75, 3.05) is 19.8 Å². The molecule has 7 atom stereocenters. The summed E-state index contributed by atoms with van der Waals surface area (Å²) in [4.78, 5) is 25.1. The average molecular weight is 1180 g/mol. The zero-order valence-electron chi connectivity index (χ0n) is 54.4. The highest BCUT2D eigenvalue weighted by Crippen LogP contribution is 2.23. The van der Waals surface area contributed by atoms with Gasteiger partial charge in [0.05, 0.1) is 32.0 Å². The Morgan fingerprint density at radius 1 is 0.434 bits per heavy atom. The number of aliphatic hydroxyl groups excluding tert-OH is 5. The van der Waals surface area contributed by atoms with Crippen molar-refractivity contribution in [1.82, 2.24) is 5.32 Å². The number of nitrogens with one attached hydrogen (secondary N) is 1. The molecule has 490 valence electrons. The summed E-state index contributed by atoms with van der Waals surface area (Å²) in [5.41, 5.74) is 0. The van der Waals surface area contributed by atoms with Crippen LogP contribution in [0.2, 0.25) is 0 Å². The topological polar surface area (TPSA) is 175 Å². The summed E-state index contributed by atoms with van der Waals surface area (Å²) in [6.45, 7) is 4.35. The van der Waals surface area contributed by atoms with E-state index in [1.165, 1.54) is 283 Å². The lowest BCUT2D eigenvalue weighted by molar-refractivity contribution is -0.302. The quantitative estimate of drug-likeness (QED) is 0.0195. The monoisotopic (exact) mass is 1180 g/mol. The van der Waals surface area contributed by atoms with Gasteiger partial charge in [0, 0.05) is 12.8 Å². The Bertz CT molecular complexity index is 1430. The predicted octanol–water partition coefficient (Wildman–Crippen LogP) is 18.4. The van der Waals surface area contributed by atoms with Gasteiger partial charge in [0.15, 0.2) is 6.29 Å². The standard InChI is InChI=1S/C72H137NO10/c1-3-5-7-9-11-13-15-39-42-46-50-54-58-65(75)64(63-82-72-71(80)70(79)69(78)66(62-74)83-72)73-67(76)59-55-51-47-43-40-36-34-32-30-28-26-24-22-20-18-16-17-19-21-23-25-27-29-31-33-35-37-41-45-49-53-57-61-81-68(77)60-56-52-48-44-38-14-12-10-8-6-4-2/h39,42,54,58,64-66,69-72,74-75,78-80H,3-38,40-41,43-53,55-57,59-63H2,1-2H3,(H,73,76)/b42-39+,58-54+. The fraction of sp³-hybridized carbons (Fsp3) is 0.917. The molecule has 0 aromatic carbocycles. The van der Waals surface area contributed by atoms with Crippen molar-refractivity contribution in [3.8, 4) is 0 Å². The van der Waals surface area contributed by atoms with Crippen LogP contribution in [-0.2, 0) is 23.8 Å². The number of allylic oxidation sites excluding steroid dienone is 3. The smallest absolute Gasteiger partial charge is 0.305 e. The summed E-state index contributed by atoms with van der Waals surface area (Å²) in [6.07, 6.45) is 67.6. The van der Waals surface area contributed by atoms with Crippen molar-refractivity contribution < 1.29 is 49.3 Å². The average Bonchev–Trinajstić information content (AvgIpc) is 3.55. The lowest BCUT2D eigenvalue weighted by Gasteiger charge is -2.40. The second kappa shape index (κ2) is 61.8. The van der Waals surface area contributed by atoms with Gasteiger partial charge in [-0.3, -0.25) is 9.59 Å². The van der Waals surface area contributed by atoms with E-state index >= 15 is 0 Å². The molecular weight excluding hydrogens is 1040 g/mol. The first-order valence-electron chi connectivity index (χ1n) is 36.1. The number of carbonyl (C=O) groups excluding carboxylic acids is 2. The predicted molar refractivity (Wildman–Crippen MR) is 348 cm³/mol. The van der Waals surface area contributed by atoms with Crippen LogP contribution in [0.3, 0.4) is 0 Å². The lowest BCUT2D eigenvalue weighted by Crippen LogP contribution is -2.60. The summed E-state index contributed by atoms with van der Waals surface area (Å²) >= 11 is 0. The highest BCUT2D eigenvalue weighted by Gasteiger charge is 2.44. The molecule has 1 aliphatic heterocycles. The minimum absolute atomic E-state index is 0.0136. The fourth-order valence-electron chi connectivity index (χ4n) is 11.6. The molecule has 0 saturated carbocycles. The molecule has 0 bridgehead atoms. The van der Waals surface area contributed by atoms with Crippen LogP contribution >= 0.6 is 0 Å². The number of hydrogen-bond donors (Lipinski definition) is 6. The third-order valence-corrected chi connectivity index (χ3v) is 17.3. The van der Waals surface area contributed by atoms with E-state index in [0.29, 0.717) is 19.4 Å². The highest BCUT2D eigenvalue weighted by molar-refractivity contribution is 5.76. The van der Waals surface area contributed by atoms with E-state index in [9.17, 15) is 35.1 Å². The Balaban J connectivity index is 1.93. The Labute approximate surface area is 511 Å². The van der Waals surface area contributed by atoms with Gasteiger partial charge in [0.2, 0.25) is 5.91 Å². The van der Waals surface area contributed by atoms with E-state index < -0.39 is 49.5 Å². The van der Waals surface area contributed by atoms with E-state index in [0.717, 1.165) is 51.4 Å². The largest absolute Gasteiger partial charge is 0.466 e. The molecule has 1 rings (SSSR count). The van der Waals surface area contributed by atoms with E-state index in [1.807, 2.05) is 6.08 Å². The zero-order chi connectivity index (χ0) is 60.2. The Morgan fingerprint density at radius 3 is 1.19 bits per heavy atom. The van der Waals surface area contributed by atoms with Crippen molar-refractivity contribution in [3.63, 3.8) is 0 Å². The van der Waals surface area contributed by atoms with E-state index in [4.69, 9.17) is 14.2 Å². The molecule has 83 heavy (non-hydrogen) atoms. The van der Waals surface area contributed by atoms with Crippen LogP contribution in [0.15, 0.2) is 24.3 Å². The van der Waals surface area contributed by atoms with Crippen LogP contribution in [-0.4, -0.2) is 100 Å². The van der Waals surface area contributed by atoms with Gasteiger partial charge in [0.25, 0.3) is 0 Å². The van der Waals surface area contributed by atoms with E-state index in [2.05, 4.69) is 31.3 Å². The number of rotatable bonds is 64. The third kappa shape index (κ3) is 50.8. The van der Waals surface area contributed by atoms with Gasteiger partial charge >= 0.3 is 5.97 Å². The maximum absolute atomic E-state index is 13.1. The molecule has 0 radical (unpaired) electrons. The molecule has 0 spiro atoms. The van der Waals surface area contributed by atoms with E-state index in [1.54, 1.807) is 6.08 Å². The number of unbranched alkanes of at least 4 members (excludes halogenated alkanes) is 48. The number of amides is 1. The maximum Gasteiger partial charge on any atom is 0.305 e. The minimum atomic E-state index is -1.57. The van der Waals surface area contributed by atoms with Gasteiger partial charge in [-0.1, -0.05) is 327 Å². The van der Waals surface area contributed by atoms with Gasteiger partial charge in [-0.05, 0) is 44.9 Å². The second-order valence-electron chi connectivity index (χ2n) is 25.3. The van der Waals surface area contributed by atoms with Crippen LogP contribution in [0.1, 0.15) is 361 Å². The maximum atomic E-state index is 13.1. The number of carbonyl (C=O) groups is 2. The molecule has 0 aromatic rings. The van der Waals surface area contributed by atoms with Crippen LogP contribution < -0.4 is 5.32 Å². The Kier molecular flexibility index (Phi) is 58.9. The summed E-state index contributed by atoms with van der Waals surface area (Å²) in [5, 5.41) is 54.4. The minimum Gasteiger partial charge on any atom is -0.466 e. The molecule has 6 N–H and O–H groups in total. The van der Waals surface area contributed by atoms with Gasteiger partial charge < -0.3 is 45.1 Å². The van der Waals surface area contributed by atoms with Gasteiger partial charge in [-0.15, -0.1) is 0 Å². The van der Waals surface area contributed by atoms with Crippen molar-refractivity contribution >= 4 is 11.9 Å². The first-order chi connectivity index (χ1) is 40.7. The normalized spacial score (nSPS) is 18.2. The molecule has 0 aliphatic carbocycles. The van der Waals surface area contributed by atoms with Crippen molar-refractivity contribution in [1.29, 1.82) is 0 Å². The molecule has 1 amide bonds. The lowest BCUT2D eigenvalue weighted by atomic mass is 9.99. The van der Waals surface area contributed by atoms with Gasteiger partial charge in [0.1, 0.15) is 24.4 Å². The van der Waals surface area contributed by atoms with Crippen molar-refractivity contribution in [2.24, 2.45) is 0 Å². The van der Waals surface area contributed by atoms with Crippen LogP contribution in [0.25, 0.3) is 0 Å². The molecule has 0 aromatic heterocycles. The number of esters is 1. The fourth-order valence-corrected chi connectivity index (χ4v) is 11.6. The molecule has 1 heterocycles. The summed E-state index contributed by atoms with van der Waals surface area (Å²) in [5.74, 6) is -0.172. The second-order valence-corrected chi connectivity index (χ2v) is 25.3.